The minimum atomic E-state index is -1.65. The van der Waals surface area contributed by atoms with Crippen LogP contribution < -0.4 is 20.5 Å². The topological polar surface area (TPSA) is 152 Å². The third kappa shape index (κ3) is 12.6. The molecule has 43 heavy (non-hydrogen) atoms. The highest BCUT2D eigenvalue weighted by atomic mass is 28.3. The molecule has 0 bridgehead atoms. The number of carbonyl (C=O) groups excluding carboxylic acids is 3. The quantitative estimate of drug-likeness (QED) is 0.255. The van der Waals surface area contributed by atoms with Crippen LogP contribution in [0.4, 0.5) is 11.4 Å². The number of ether oxygens (including phenoxy) is 4. The molecule has 0 aromatic carbocycles. The van der Waals surface area contributed by atoms with Gasteiger partial charge in [-0.15, -0.1) is 11.1 Å². The number of nitrogen functional groups attached to an aromatic ring is 1. The Balaban J connectivity index is 0.000000434. The highest BCUT2D eigenvalue weighted by Crippen LogP contribution is 2.25. The van der Waals surface area contributed by atoms with Gasteiger partial charge in [-0.25, -0.2) is 19.6 Å². The van der Waals surface area contributed by atoms with E-state index in [4.69, 9.17) is 24.7 Å². The minimum absolute atomic E-state index is 0.0447. The summed E-state index contributed by atoms with van der Waals surface area (Å²) in [6.07, 6.45) is 0. The van der Waals surface area contributed by atoms with Crippen molar-refractivity contribution >= 4 is 45.4 Å². The molecule has 13 heteroatoms. The van der Waals surface area contributed by atoms with Crippen LogP contribution in [0.5, 0.6) is 11.5 Å². The first-order chi connectivity index (χ1) is 20.0. The molecule has 2 aromatic rings. The number of anilines is 2. The molecule has 0 fully saturated rings. The summed E-state index contributed by atoms with van der Waals surface area (Å²) in [4.78, 5) is 43.7. The Hall–Kier alpha value is -4.34. The van der Waals surface area contributed by atoms with E-state index in [2.05, 4.69) is 77.5 Å². The molecule has 0 spiro atoms. The van der Waals surface area contributed by atoms with E-state index < -0.39 is 28.1 Å². The standard InChI is InChI=1S/C16H22N2O4Si.C14H20N2O3Si/c1-7-22-16(20)15-14(21-3)10-13(17-11(2)19)12(18-15)8-9-23(4,5)6;1-6-19-14(17)13-12(18-2)9-10(15)11(16-13)7-8-20(3,4)5/h10H,7H2,1-6H3,(H,17,19);9H,6,15H2,1-5H3. The zero-order chi connectivity index (χ0) is 33.0. The molecule has 232 valence electrons. The van der Waals surface area contributed by atoms with E-state index in [9.17, 15) is 14.4 Å². The van der Waals surface area contributed by atoms with E-state index in [1.54, 1.807) is 19.9 Å². The maximum Gasteiger partial charge on any atom is 0.360 e. The van der Waals surface area contributed by atoms with Crippen LogP contribution in [0.3, 0.4) is 0 Å². The van der Waals surface area contributed by atoms with Gasteiger partial charge < -0.3 is 30.0 Å². The summed E-state index contributed by atoms with van der Waals surface area (Å²) in [7, 11) is -0.322. The number of amides is 1. The van der Waals surface area contributed by atoms with Crippen molar-refractivity contribution in [2.24, 2.45) is 0 Å². The number of hydrogen-bond acceptors (Lipinski definition) is 10. The normalized spacial score (nSPS) is 10.4. The van der Waals surface area contributed by atoms with Gasteiger partial charge in [-0.1, -0.05) is 51.1 Å². The fourth-order valence-corrected chi connectivity index (χ4v) is 3.97. The van der Waals surface area contributed by atoms with Crippen molar-refractivity contribution in [2.45, 2.75) is 60.1 Å². The van der Waals surface area contributed by atoms with Crippen LogP contribution in [0.1, 0.15) is 53.1 Å². The first kappa shape index (κ1) is 36.7. The number of nitrogens with two attached hydrogens (primary N) is 1. The maximum absolute atomic E-state index is 12.0. The third-order valence-corrected chi connectivity index (χ3v) is 6.55. The molecule has 0 saturated carbocycles. The second kappa shape index (κ2) is 16.3. The summed E-state index contributed by atoms with van der Waals surface area (Å²) in [6.45, 7) is 18.0. The number of hydrogen-bond donors (Lipinski definition) is 2. The van der Waals surface area contributed by atoms with Crippen molar-refractivity contribution in [3.63, 3.8) is 0 Å². The van der Waals surface area contributed by atoms with Gasteiger partial charge >= 0.3 is 11.9 Å². The zero-order valence-corrected chi connectivity index (χ0v) is 28.9. The molecule has 0 unspecified atom stereocenters. The molecule has 0 aliphatic rings. The highest BCUT2D eigenvalue weighted by molar-refractivity contribution is 6.84. The number of nitrogens with one attached hydrogen (secondary N) is 1. The lowest BCUT2D eigenvalue weighted by atomic mass is 10.2. The van der Waals surface area contributed by atoms with Crippen molar-refractivity contribution in [3.05, 3.63) is 34.9 Å². The fourth-order valence-electron chi connectivity index (χ4n) is 2.98. The Labute approximate surface area is 256 Å². The summed E-state index contributed by atoms with van der Waals surface area (Å²) >= 11 is 0. The Morgan fingerprint density at radius 1 is 0.791 bits per heavy atom. The minimum Gasteiger partial charge on any atom is -0.494 e. The van der Waals surface area contributed by atoms with Crippen LogP contribution in [0, 0.1) is 22.9 Å². The Morgan fingerprint density at radius 3 is 1.60 bits per heavy atom. The number of carbonyl (C=O) groups is 3. The first-order valence-electron chi connectivity index (χ1n) is 13.6. The van der Waals surface area contributed by atoms with Crippen molar-refractivity contribution in [3.8, 4) is 34.4 Å². The molecule has 2 aromatic heterocycles. The molecule has 2 heterocycles. The van der Waals surface area contributed by atoms with Gasteiger partial charge in [-0.3, -0.25) is 4.79 Å². The lowest BCUT2D eigenvalue weighted by Gasteiger charge is -2.12. The van der Waals surface area contributed by atoms with Crippen molar-refractivity contribution in [1.82, 2.24) is 9.97 Å². The van der Waals surface area contributed by atoms with Gasteiger partial charge in [0.15, 0.2) is 22.9 Å². The van der Waals surface area contributed by atoms with Crippen LogP contribution >= 0.6 is 0 Å². The third-order valence-electron chi connectivity index (χ3n) is 4.80. The van der Waals surface area contributed by atoms with Gasteiger partial charge in [-0.2, -0.15) is 0 Å². The molecule has 0 aliphatic carbocycles. The zero-order valence-electron chi connectivity index (χ0n) is 26.9. The van der Waals surface area contributed by atoms with Gasteiger partial charge in [0, 0.05) is 19.1 Å². The maximum atomic E-state index is 12.0. The van der Waals surface area contributed by atoms with Gasteiger partial charge in [0.05, 0.1) is 38.8 Å². The van der Waals surface area contributed by atoms with Gasteiger partial charge in [0.1, 0.15) is 27.5 Å². The summed E-state index contributed by atoms with van der Waals surface area (Å²) in [5, 5.41) is 2.66. The molecule has 0 radical (unpaired) electrons. The number of nitrogens with zero attached hydrogens (tertiary/aromatic N) is 2. The lowest BCUT2D eigenvalue weighted by Crippen LogP contribution is -2.17. The van der Waals surface area contributed by atoms with Crippen LogP contribution in [-0.4, -0.2) is 71.4 Å². The fraction of sp³-hybridized carbons (Fsp3) is 0.433. The first-order valence-corrected chi connectivity index (χ1v) is 20.6. The molecule has 3 N–H and O–H groups in total. The van der Waals surface area contributed by atoms with Crippen molar-refractivity contribution in [2.75, 3.05) is 38.5 Å². The van der Waals surface area contributed by atoms with E-state index in [0.717, 1.165) is 0 Å². The number of pyridine rings is 2. The number of aromatic nitrogens is 2. The van der Waals surface area contributed by atoms with Gasteiger partial charge in [-0.05, 0) is 13.8 Å². The van der Waals surface area contributed by atoms with Crippen LogP contribution in [0.15, 0.2) is 12.1 Å². The largest absolute Gasteiger partial charge is 0.494 e. The number of esters is 2. The summed E-state index contributed by atoms with van der Waals surface area (Å²) in [5.74, 6) is 5.06. The van der Waals surface area contributed by atoms with Gasteiger partial charge in [0.2, 0.25) is 5.91 Å². The Morgan fingerprint density at radius 2 is 1.21 bits per heavy atom. The summed E-state index contributed by atoms with van der Waals surface area (Å²) < 4.78 is 20.2. The van der Waals surface area contributed by atoms with Crippen molar-refractivity contribution in [1.29, 1.82) is 0 Å². The average Bonchev–Trinajstić information content (AvgIpc) is 2.90. The van der Waals surface area contributed by atoms with Crippen LogP contribution in [0.2, 0.25) is 39.3 Å². The average molecular weight is 627 g/mol. The molecular weight excluding hydrogens is 585 g/mol. The molecule has 0 atom stereocenters. The van der Waals surface area contributed by atoms with E-state index in [1.165, 1.54) is 27.2 Å². The Kier molecular flexibility index (Phi) is 13.9. The molecular formula is C30H42N4O7Si2. The SMILES string of the molecule is CCOC(=O)c1nc(C#C[Si](C)(C)C)c(N)cc1OC.CCOC(=O)c1nc(C#C[Si](C)(C)C)c(NC(C)=O)cc1OC. The lowest BCUT2D eigenvalue weighted by molar-refractivity contribution is -0.114. The molecule has 0 aliphatic heterocycles. The second-order valence-electron chi connectivity index (χ2n) is 11.0. The van der Waals surface area contributed by atoms with E-state index in [0.29, 0.717) is 28.5 Å². The predicted molar refractivity (Wildman–Crippen MR) is 173 cm³/mol. The van der Waals surface area contributed by atoms with Gasteiger partial charge in [0.25, 0.3) is 0 Å². The van der Waals surface area contributed by atoms with Crippen LogP contribution in [0.25, 0.3) is 0 Å². The van der Waals surface area contributed by atoms with E-state index in [1.807, 2.05) is 0 Å². The van der Waals surface area contributed by atoms with E-state index >= 15 is 0 Å². The highest BCUT2D eigenvalue weighted by Gasteiger charge is 2.21. The molecule has 0 saturated heterocycles. The summed E-state index contributed by atoms with van der Waals surface area (Å²) in [5.41, 5.74) is 13.9. The number of methoxy groups -OCH3 is 2. The van der Waals surface area contributed by atoms with Crippen molar-refractivity contribution < 1.29 is 33.3 Å². The predicted octanol–water partition coefficient (Wildman–Crippen LogP) is 4.53. The summed E-state index contributed by atoms with van der Waals surface area (Å²) in [6, 6.07) is 3.09. The van der Waals surface area contributed by atoms with Crippen LogP contribution in [-0.2, 0) is 14.3 Å². The monoisotopic (exact) mass is 626 g/mol. The van der Waals surface area contributed by atoms with E-state index in [-0.39, 0.29) is 36.3 Å². The number of rotatable bonds is 7. The molecule has 1 amide bonds. The Bertz CT molecular complexity index is 1460. The second-order valence-corrected chi connectivity index (χ2v) is 20.5. The smallest absolute Gasteiger partial charge is 0.360 e. The molecule has 11 nitrogen and oxygen atoms in total. The molecule has 2 rings (SSSR count).